The Morgan fingerprint density at radius 2 is 1.71 bits per heavy atom. The Hall–Kier alpha value is -0.840. The van der Waals surface area contributed by atoms with Gasteiger partial charge in [0.25, 0.3) is 0 Å². The van der Waals surface area contributed by atoms with E-state index in [1.165, 1.54) is 12.1 Å². The lowest BCUT2D eigenvalue weighted by atomic mass is 10.2. The Balaban J connectivity index is 2.69. The molecule has 0 N–H and O–H groups in total. The zero-order valence-corrected chi connectivity index (χ0v) is 8.11. The molecule has 1 aromatic carbocycles. The molecule has 0 aliphatic heterocycles. The van der Waals surface area contributed by atoms with Gasteiger partial charge in [0.2, 0.25) is 0 Å². The summed E-state index contributed by atoms with van der Waals surface area (Å²) in [6.07, 6.45) is -4.29. The van der Waals surface area contributed by atoms with Crippen LogP contribution in [0.5, 0.6) is 5.75 Å². The van der Waals surface area contributed by atoms with Gasteiger partial charge < -0.3 is 4.74 Å². The number of hydrogen-bond donors (Lipinski definition) is 1. The van der Waals surface area contributed by atoms with Gasteiger partial charge in [0.1, 0.15) is 5.75 Å². The molecule has 0 aliphatic rings. The summed E-state index contributed by atoms with van der Waals surface area (Å²) in [7, 11) is 0. The quantitative estimate of drug-likeness (QED) is 0.773. The minimum atomic E-state index is -4.29. The number of ether oxygens (including phenoxy) is 1. The van der Waals surface area contributed by atoms with Crippen LogP contribution < -0.4 is 4.74 Å². The molecule has 0 saturated heterocycles. The SMILES string of the molecule is FC(F)(F)c1ccc(OCCS)cc1. The molecule has 1 aromatic rings. The van der Waals surface area contributed by atoms with Crippen molar-refractivity contribution in [2.75, 3.05) is 12.4 Å². The highest BCUT2D eigenvalue weighted by molar-refractivity contribution is 7.80. The van der Waals surface area contributed by atoms with Crippen molar-refractivity contribution in [2.24, 2.45) is 0 Å². The fourth-order valence-electron chi connectivity index (χ4n) is 0.904. The minimum absolute atomic E-state index is 0.383. The first-order valence-corrected chi connectivity index (χ1v) is 4.58. The predicted molar refractivity (Wildman–Crippen MR) is 50.8 cm³/mol. The summed E-state index contributed by atoms with van der Waals surface area (Å²) in [5, 5.41) is 0. The molecule has 0 saturated carbocycles. The van der Waals surface area contributed by atoms with Crippen LogP contribution in [-0.2, 0) is 6.18 Å². The van der Waals surface area contributed by atoms with E-state index in [4.69, 9.17) is 4.74 Å². The minimum Gasteiger partial charge on any atom is -0.493 e. The molecule has 78 valence electrons. The summed E-state index contributed by atoms with van der Waals surface area (Å²) in [5.41, 5.74) is -0.671. The molecular weight excluding hydrogens is 213 g/mol. The van der Waals surface area contributed by atoms with Crippen molar-refractivity contribution in [1.29, 1.82) is 0 Å². The number of thiol groups is 1. The molecule has 1 rings (SSSR count). The van der Waals surface area contributed by atoms with E-state index in [9.17, 15) is 13.2 Å². The van der Waals surface area contributed by atoms with Crippen LogP contribution in [0.15, 0.2) is 24.3 Å². The molecule has 0 aromatic heterocycles. The lowest BCUT2D eigenvalue weighted by Gasteiger charge is -2.08. The molecule has 0 aliphatic carbocycles. The molecule has 1 nitrogen and oxygen atoms in total. The molecule has 0 radical (unpaired) electrons. The number of hydrogen-bond acceptors (Lipinski definition) is 2. The summed E-state index contributed by atoms with van der Waals surface area (Å²) < 4.78 is 41.4. The van der Waals surface area contributed by atoms with E-state index in [1.54, 1.807) is 0 Å². The third kappa shape index (κ3) is 3.14. The number of rotatable bonds is 3. The highest BCUT2D eigenvalue weighted by Crippen LogP contribution is 2.30. The monoisotopic (exact) mass is 222 g/mol. The van der Waals surface area contributed by atoms with Crippen molar-refractivity contribution in [3.63, 3.8) is 0 Å². The van der Waals surface area contributed by atoms with Crippen molar-refractivity contribution >= 4 is 12.6 Å². The Bertz CT molecular complexity index is 281. The molecule has 14 heavy (non-hydrogen) atoms. The fourth-order valence-corrected chi connectivity index (χ4v) is 0.995. The van der Waals surface area contributed by atoms with Crippen LogP contribution in [0.3, 0.4) is 0 Å². The van der Waals surface area contributed by atoms with Crippen LogP contribution in [0.4, 0.5) is 13.2 Å². The smallest absolute Gasteiger partial charge is 0.416 e. The topological polar surface area (TPSA) is 9.23 Å². The van der Waals surface area contributed by atoms with Gasteiger partial charge in [0.05, 0.1) is 12.2 Å². The van der Waals surface area contributed by atoms with Gasteiger partial charge in [0.15, 0.2) is 0 Å². The second-order valence-corrected chi connectivity index (χ2v) is 3.04. The Morgan fingerprint density at radius 1 is 1.14 bits per heavy atom. The zero-order valence-electron chi connectivity index (χ0n) is 7.21. The Labute approximate surface area is 85.3 Å². The van der Waals surface area contributed by atoms with Crippen molar-refractivity contribution in [3.8, 4) is 5.75 Å². The number of benzene rings is 1. The van der Waals surface area contributed by atoms with Gasteiger partial charge in [-0.2, -0.15) is 25.8 Å². The molecule has 0 fully saturated rings. The van der Waals surface area contributed by atoms with Crippen molar-refractivity contribution in [1.82, 2.24) is 0 Å². The van der Waals surface area contributed by atoms with Crippen LogP contribution in [0.25, 0.3) is 0 Å². The van der Waals surface area contributed by atoms with Crippen LogP contribution >= 0.6 is 12.6 Å². The molecule has 0 amide bonds. The maximum atomic E-state index is 12.1. The zero-order chi connectivity index (χ0) is 10.6. The first-order chi connectivity index (χ1) is 6.54. The van der Waals surface area contributed by atoms with Crippen LogP contribution in [0.1, 0.15) is 5.56 Å². The molecule has 5 heteroatoms. The molecule has 0 spiro atoms. The fraction of sp³-hybridized carbons (Fsp3) is 0.333. The first-order valence-electron chi connectivity index (χ1n) is 3.95. The van der Waals surface area contributed by atoms with Crippen molar-refractivity contribution in [3.05, 3.63) is 29.8 Å². The van der Waals surface area contributed by atoms with Crippen molar-refractivity contribution in [2.45, 2.75) is 6.18 Å². The second-order valence-electron chi connectivity index (χ2n) is 2.59. The Morgan fingerprint density at radius 3 is 2.14 bits per heavy atom. The van der Waals surface area contributed by atoms with Crippen LogP contribution in [0.2, 0.25) is 0 Å². The van der Waals surface area contributed by atoms with E-state index >= 15 is 0 Å². The van der Waals surface area contributed by atoms with Gasteiger partial charge in [0, 0.05) is 5.75 Å². The largest absolute Gasteiger partial charge is 0.493 e. The Kier molecular flexibility index (Phi) is 3.69. The van der Waals surface area contributed by atoms with Gasteiger partial charge >= 0.3 is 6.18 Å². The predicted octanol–water partition coefficient (Wildman–Crippen LogP) is 3.01. The highest BCUT2D eigenvalue weighted by atomic mass is 32.1. The standard InChI is InChI=1S/C9H9F3OS/c10-9(11,12)7-1-3-8(4-2-7)13-5-6-14/h1-4,14H,5-6H2. The summed E-state index contributed by atoms with van der Waals surface area (Å²) in [6, 6.07) is 4.58. The van der Waals surface area contributed by atoms with Gasteiger partial charge in [-0.3, -0.25) is 0 Å². The van der Waals surface area contributed by atoms with E-state index in [0.29, 0.717) is 18.1 Å². The maximum Gasteiger partial charge on any atom is 0.416 e. The summed E-state index contributed by atoms with van der Waals surface area (Å²) in [6.45, 7) is 0.383. The lowest BCUT2D eigenvalue weighted by Crippen LogP contribution is -2.04. The van der Waals surface area contributed by atoms with E-state index in [-0.39, 0.29) is 0 Å². The average molecular weight is 222 g/mol. The van der Waals surface area contributed by atoms with E-state index in [0.717, 1.165) is 12.1 Å². The summed E-state index contributed by atoms with van der Waals surface area (Å²) >= 11 is 3.91. The van der Waals surface area contributed by atoms with Gasteiger partial charge in [-0.15, -0.1) is 0 Å². The van der Waals surface area contributed by atoms with Gasteiger partial charge in [-0.25, -0.2) is 0 Å². The first kappa shape index (κ1) is 11.2. The number of halogens is 3. The van der Waals surface area contributed by atoms with Crippen molar-refractivity contribution < 1.29 is 17.9 Å². The summed E-state index contributed by atoms with van der Waals surface area (Å²) in [5.74, 6) is 0.952. The van der Waals surface area contributed by atoms with Crippen LogP contribution in [-0.4, -0.2) is 12.4 Å². The normalized spacial score (nSPS) is 11.4. The van der Waals surface area contributed by atoms with E-state index < -0.39 is 11.7 Å². The highest BCUT2D eigenvalue weighted by Gasteiger charge is 2.29. The third-order valence-corrected chi connectivity index (χ3v) is 1.72. The average Bonchev–Trinajstić information content (AvgIpc) is 2.14. The van der Waals surface area contributed by atoms with E-state index in [2.05, 4.69) is 12.6 Å². The molecule has 0 heterocycles. The molecule has 0 unspecified atom stereocenters. The van der Waals surface area contributed by atoms with Gasteiger partial charge in [-0.1, -0.05) is 0 Å². The van der Waals surface area contributed by atoms with Crippen LogP contribution in [0, 0.1) is 0 Å². The van der Waals surface area contributed by atoms with E-state index in [1.807, 2.05) is 0 Å². The van der Waals surface area contributed by atoms with Gasteiger partial charge in [-0.05, 0) is 24.3 Å². The maximum absolute atomic E-state index is 12.1. The second kappa shape index (κ2) is 4.59. The number of alkyl halides is 3. The molecule has 0 bridgehead atoms. The molecule has 0 atom stereocenters. The lowest BCUT2D eigenvalue weighted by molar-refractivity contribution is -0.137. The third-order valence-electron chi connectivity index (χ3n) is 1.54. The molecular formula is C9H9F3OS. The summed E-state index contributed by atoms with van der Waals surface area (Å²) in [4.78, 5) is 0.